The molecular formula is C17H17BrFNO5. The van der Waals surface area contributed by atoms with Crippen LogP contribution in [0.3, 0.4) is 0 Å². The molecule has 0 saturated carbocycles. The van der Waals surface area contributed by atoms with Crippen molar-refractivity contribution in [2.24, 2.45) is 0 Å². The number of ether oxygens (including phenoxy) is 2. The van der Waals surface area contributed by atoms with Gasteiger partial charge >= 0.3 is 12.1 Å². The summed E-state index contributed by atoms with van der Waals surface area (Å²) in [6.45, 7) is 4.46. The number of alkyl halides is 1. The summed E-state index contributed by atoms with van der Waals surface area (Å²) in [6.07, 6.45) is -2.71. The zero-order chi connectivity index (χ0) is 18.6. The molecule has 8 heteroatoms. The molecular weight excluding hydrogens is 397 g/mol. The fourth-order valence-corrected chi connectivity index (χ4v) is 3.50. The standard InChI is InChI=1S/C17H17BrFNO5/c1-16(2,3)24-13(21)8-20-14(22)17(25-15(20)23)7-12(19)10-6-9(18)4-5-11(10)17/h4-6,12H,7-8H2,1-3H3/t12-,17+/m1/s1. The van der Waals surface area contributed by atoms with Gasteiger partial charge in [-0.1, -0.05) is 22.0 Å². The Balaban J connectivity index is 1.89. The van der Waals surface area contributed by atoms with Crippen LogP contribution in [0.25, 0.3) is 0 Å². The molecule has 1 spiro atoms. The highest BCUT2D eigenvalue weighted by molar-refractivity contribution is 9.10. The average molecular weight is 414 g/mol. The summed E-state index contributed by atoms with van der Waals surface area (Å²) in [7, 11) is 0. The molecule has 6 nitrogen and oxygen atoms in total. The number of nitrogens with zero attached hydrogens (tertiary/aromatic N) is 1. The van der Waals surface area contributed by atoms with E-state index in [0.29, 0.717) is 20.5 Å². The van der Waals surface area contributed by atoms with Gasteiger partial charge in [-0.15, -0.1) is 0 Å². The molecule has 1 aliphatic heterocycles. The van der Waals surface area contributed by atoms with Gasteiger partial charge in [0.15, 0.2) is 0 Å². The highest BCUT2D eigenvalue weighted by Crippen LogP contribution is 2.51. The van der Waals surface area contributed by atoms with Crippen molar-refractivity contribution in [1.29, 1.82) is 0 Å². The van der Waals surface area contributed by atoms with Gasteiger partial charge in [-0.3, -0.25) is 9.59 Å². The minimum atomic E-state index is -1.71. The second kappa shape index (κ2) is 5.79. The third kappa shape index (κ3) is 3.03. The number of esters is 1. The summed E-state index contributed by atoms with van der Waals surface area (Å²) in [5.41, 5.74) is -1.85. The Bertz CT molecular complexity index is 775. The zero-order valence-corrected chi connectivity index (χ0v) is 15.6. The van der Waals surface area contributed by atoms with Crippen molar-refractivity contribution in [2.45, 2.75) is 44.6 Å². The Labute approximate surface area is 152 Å². The maximum atomic E-state index is 14.4. The van der Waals surface area contributed by atoms with Crippen LogP contribution in [0, 0.1) is 0 Å². The summed E-state index contributed by atoms with van der Waals surface area (Å²) >= 11 is 3.26. The van der Waals surface area contributed by atoms with Crippen LogP contribution in [0.2, 0.25) is 0 Å². The van der Waals surface area contributed by atoms with E-state index in [4.69, 9.17) is 9.47 Å². The Kier molecular flexibility index (Phi) is 4.14. The Morgan fingerprint density at radius 1 is 1.44 bits per heavy atom. The van der Waals surface area contributed by atoms with E-state index in [1.807, 2.05) is 0 Å². The molecule has 0 bridgehead atoms. The Morgan fingerprint density at radius 3 is 2.76 bits per heavy atom. The first-order valence-electron chi connectivity index (χ1n) is 7.74. The summed E-state index contributed by atoms with van der Waals surface area (Å²) in [5.74, 6) is -1.48. The molecule has 134 valence electrons. The monoisotopic (exact) mass is 413 g/mol. The molecule has 1 fully saturated rings. The zero-order valence-electron chi connectivity index (χ0n) is 14.0. The van der Waals surface area contributed by atoms with Crippen LogP contribution >= 0.6 is 15.9 Å². The average Bonchev–Trinajstić information content (AvgIpc) is 2.86. The van der Waals surface area contributed by atoms with Gasteiger partial charge in [0.25, 0.3) is 5.91 Å². The molecule has 1 heterocycles. The van der Waals surface area contributed by atoms with Gasteiger partial charge in [0.2, 0.25) is 5.60 Å². The maximum Gasteiger partial charge on any atom is 0.418 e. The molecule has 2 amide bonds. The quantitative estimate of drug-likeness (QED) is 0.694. The SMILES string of the molecule is CC(C)(C)OC(=O)CN1C(=O)O[C@]2(C[C@@H](F)c3cc(Br)ccc32)C1=O. The summed E-state index contributed by atoms with van der Waals surface area (Å²) in [5, 5.41) is 0. The van der Waals surface area contributed by atoms with E-state index in [0.717, 1.165) is 0 Å². The van der Waals surface area contributed by atoms with Crippen molar-refractivity contribution in [2.75, 3.05) is 6.54 Å². The van der Waals surface area contributed by atoms with E-state index in [-0.39, 0.29) is 6.42 Å². The van der Waals surface area contributed by atoms with Gasteiger partial charge in [0, 0.05) is 16.5 Å². The van der Waals surface area contributed by atoms with E-state index in [1.165, 1.54) is 0 Å². The third-order valence-electron chi connectivity index (χ3n) is 4.03. The summed E-state index contributed by atoms with van der Waals surface area (Å²) in [4.78, 5) is 37.6. The molecule has 1 aromatic rings. The smallest absolute Gasteiger partial charge is 0.418 e. The van der Waals surface area contributed by atoms with Crippen LogP contribution in [0.5, 0.6) is 0 Å². The fourth-order valence-electron chi connectivity index (χ4n) is 3.12. The number of hydrogen-bond donors (Lipinski definition) is 0. The molecule has 25 heavy (non-hydrogen) atoms. The topological polar surface area (TPSA) is 72.9 Å². The van der Waals surface area contributed by atoms with Gasteiger partial charge in [-0.2, -0.15) is 0 Å². The predicted octanol–water partition coefficient (Wildman–Crippen LogP) is 3.38. The van der Waals surface area contributed by atoms with E-state index in [1.54, 1.807) is 39.0 Å². The molecule has 1 saturated heterocycles. The number of hydrogen-bond acceptors (Lipinski definition) is 5. The second-order valence-corrected chi connectivity index (χ2v) is 7.99. The number of carbonyl (C=O) groups excluding carboxylic acids is 3. The fraction of sp³-hybridized carbons (Fsp3) is 0.471. The molecule has 2 atom stereocenters. The van der Waals surface area contributed by atoms with Crippen molar-refractivity contribution >= 4 is 33.9 Å². The van der Waals surface area contributed by atoms with Crippen LogP contribution in [0.1, 0.15) is 44.5 Å². The van der Waals surface area contributed by atoms with Gasteiger partial charge < -0.3 is 9.47 Å². The highest BCUT2D eigenvalue weighted by Gasteiger charge is 2.61. The van der Waals surface area contributed by atoms with Crippen molar-refractivity contribution in [3.05, 3.63) is 33.8 Å². The number of fused-ring (bicyclic) bond motifs is 2. The molecule has 0 unspecified atom stereocenters. The van der Waals surface area contributed by atoms with Crippen molar-refractivity contribution in [3.8, 4) is 0 Å². The van der Waals surface area contributed by atoms with Crippen LogP contribution in [0.4, 0.5) is 9.18 Å². The van der Waals surface area contributed by atoms with Crippen LogP contribution < -0.4 is 0 Å². The van der Waals surface area contributed by atoms with Gasteiger partial charge in [0.05, 0.1) is 0 Å². The lowest BCUT2D eigenvalue weighted by molar-refractivity contribution is -0.157. The third-order valence-corrected chi connectivity index (χ3v) is 4.53. The second-order valence-electron chi connectivity index (χ2n) is 7.08. The first-order valence-corrected chi connectivity index (χ1v) is 8.53. The summed E-state index contributed by atoms with van der Waals surface area (Å²) in [6, 6.07) is 4.77. The van der Waals surface area contributed by atoms with E-state index in [9.17, 15) is 18.8 Å². The number of halogens is 2. The Hall–Kier alpha value is -1.96. The molecule has 1 aromatic carbocycles. The molecule has 1 aliphatic carbocycles. The molecule has 3 rings (SSSR count). The Morgan fingerprint density at radius 2 is 2.12 bits per heavy atom. The van der Waals surface area contributed by atoms with Crippen LogP contribution in [0.15, 0.2) is 22.7 Å². The number of benzene rings is 1. The van der Waals surface area contributed by atoms with Crippen molar-refractivity contribution < 1.29 is 28.2 Å². The van der Waals surface area contributed by atoms with Crippen molar-refractivity contribution in [1.82, 2.24) is 4.90 Å². The maximum absolute atomic E-state index is 14.4. The number of imide groups is 1. The molecule has 0 radical (unpaired) electrons. The van der Waals surface area contributed by atoms with Crippen LogP contribution in [-0.2, 0) is 24.7 Å². The van der Waals surface area contributed by atoms with E-state index < -0.39 is 41.9 Å². The molecule has 0 aromatic heterocycles. The minimum Gasteiger partial charge on any atom is -0.459 e. The predicted molar refractivity (Wildman–Crippen MR) is 88.3 cm³/mol. The number of amides is 2. The molecule has 0 N–H and O–H groups in total. The van der Waals surface area contributed by atoms with Gasteiger partial charge in [-0.25, -0.2) is 14.1 Å². The minimum absolute atomic E-state index is 0.297. The lowest BCUT2D eigenvalue weighted by atomic mass is 9.95. The number of carbonyl (C=O) groups is 3. The first-order chi connectivity index (χ1) is 11.5. The lowest BCUT2D eigenvalue weighted by Crippen LogP contribution is -2.41. The van der Waals surface area contributed by atoms with Gasteiger partial charge in [-0.05, 0) is 38.5 Å². The van der Waals surface area contributed by atoms with Gasteiger partial charge in [0.1, 0.15) is 18.3 Å². The van der Waals surface area contributed by atoms with E-state index >= 15 is 0 Å². The van der Waals surface area contributed by atoms with Crippen LogP contribution in [-0.4, -0.2) is 35.0 Å². The number of rotatable bonds is 2. The normalized spacial score (nSPS) is 25.3. The molecule has 2 aliphatic rings. The van der Waals surface area contributed by atoms with E-state index in [2.05, 4.69) is 15.9 Å². The largest absolute Gasteiger partial charge is 0.459 e. The highest BCUT2D eigenvalue weighted by atomic mass is 79.9. The lowest BCUT2D eigenvalue weighted by Gasteiger charge is -2.22. The first kappa shape index (κ1) is 17.8. The van der Waals surface area contributed by atoms with Crippen molar-refractivity contribution in [3.63, 3.8) is 0 Å². The summed E-state index contributed by atoms with van der Waals surface area (Å²) < 4.78 is 25.5.